The van der Waals surface area contributed by atoms with Gasteiger partial charge in [-0.25, -0.2) is 0 Å². The number of nitrogens with zero attached hydrogens (tertiary/aromatic N) is 4. The van der Waals surface area contributed by atoms with Crippen molar-refractivity contribution >= 4 is 23.1 Å². The molecule has 1 N–H and O–H groups in total. The Morgan fingerprint density at radius 2 is 1.69 bits per heavy atom. The van der Waals surface area contributed by atoms with Gasteiger partial charge in [0.25, 0.3) is 0 Å². The molecule has 1 aromatic heterocycles. The molecule has 2 aromatic carbocycles. The molecule has 14 heteroatoms. The second-order valence-corrected chi connectivity index (χ2v) is 9.23. The predicted octanol–water partition coefficient (Wildman–Crippen LogP) is 5.22. The zero-order valence-electron chi connectivity index (χ0n) is 20.6. The largest absolute Gasteiger partial charge is 0.573 e. The van der Waals surface area contributed by atoms with Crippen molar-refractivity contribution in [3.63, 3.8) is 0 Å². The maximum absolute atomic E-state index is 12.3. The number of rotatable bonds is 11. The van der Waals surface area contributed by atoms with Crippen LogP contribution in [0.25, 0.3) is 0 Å². The predicted molar refractivity (Wildman–Crippen MR) is 135 cm³/mol. The van der Waals surface area contributed by atoms with Crippen LogP contribution in [0.1, 0.15) is 19.3 Å². The molecule has 0 saturated carbocycles. The molecule has 0 amide bonds. The van der Waals surface area contributed by atoms with Gasteiger partial charge in [0.1, 0.15) is 36.2 Å². The highest BCUT2D eigenvalue weighted by Crippen LogP contribution is 2.28. The fourth-order valence-corrected chi connectivity index (χ4v) is 4.31. The van der Waals surface area contributed by atoms with E-state index in [0.717, 1.165) is 18.5 Å². The summed E-state index contributed by atoms with van der Waals surface area (Å²) in [6, 6.07) is 12.8. The number of aryl methyl sites for hydroxylation is 1. The minimum atomic E-state index is -4.71. The third-order valence-corrected chi connectivity index (χ3v) is 6.35. The van der Waals surface area contributed by atoms with Crippen molar-refractivity contribution < 1.29 is 37.4 Å². The third-order valence-electron chi connectivity index (χ3n) is 6.05. The van der Waals surface area contributed by atoms with Crippen LogP contribution in [-0.2, 0) is 6.54 Å². The minimum Gasteiger partial charge on any atom is -0.491 e. The molecule has 0 aliphatic carbocycles. The molecule has 10 nitrogen and oxygen atoms in total. The van der Waals surface area contributed by atoms with Crippen LogP contribution in [-0.4, -0.2) is 57.8 Å². The zero-order chi connectivity index (χ0) is 28.0. The molecule has 4 rings (SSSR count). The van der Waals surface area contributed by atoms with E-state index in [-0.39, 0.29) is 42.5 Å². The molecule has 0 radical (unpaired) electrons. The standard InChI is InChI=1S/C25H26ClF3N4O6/c26-24-30-23(33(35)36)15-32(24)12-9-18(34)16-37-19-5-7-20(8-6-19)38-21-10-13-31(14-11-21)17-1-3-22(4-2-17)39-25(27,28)29/h1-8,15,18,21,34H,9-14,16H2/t18-/m1/s1. The van der Waals surface area contributed by atoms with E-state index in [1.807, 2.05) is 0 Å². The molecule has 1 aliphatic heterocycles. The quantitative estimate of drug-likeness (QED) is 0.247. The Bertz CT molecular complexity index is 1230. The topological polar surface area (TPSA) is 112 Å². The maximum Gasteiger partial charge on any atom is 0.573 e. The highest BCUT2D eigenvalue weighted by Gasteiger charge is 2.31. The maximum atomic E-state index is 12.3. The van der Waals surface area contributed by atoms with Crippen molar-refractivity contribution in [2.45, 2.75) is 44.4 Å². The summed E-state index contributed by atoms with van der Waals surface area (Å²) in [6.07, 6.45) is -2.57. The Morgan fingerprint density at radius 3 is 2.28 bits per heavy atom. The van der Waals surface area contributed by atoms with Gasteiger partial charge in [-0.15, -0.1) is 13.2 Å². The molecule has 1 saturated heterocycles. The van der Waals surface area contributed by atoms with Gasteiger partial charge in [-0.3, -0.25) is 4.57 Å². The van der Waals surface area contributed by atoms with E-state index in [4.69, 9.17) is 21.1 Å². The molecule has 0 spiro atoms. The van der Waals surface area contributed by atoms with Crippen LogP contribution < -0.4 is 19.1 Å². The van der Waals surface area contributed by atoms with Crippen LogP contribution in [0.2, 0.25) is 5.28 Å². The number of halogens is 4. The number of piperidine rings is 1. The Hall–Kier alpha value is -3.71. The van der Waals surface area contributed by atoms with Gasteiger partial charge in [0.2, 0.25) is 0 Å². The molecule has 1 aliphatic rings. The van der Waals surface area contributed by atoms with E-state index in [0.29, 0.717) is 24.6 Å². The summed E-state index contributed by atoms with van der Waals surface area (Å²) in [6.45, 7) is 1.66. The Morgan fingerprint density at radius 1 is 1.08 bits per heavy atom. The van der Waals surface area contributed by atoms with Crippen molar-refractivity contribution in [1.29, 1.82) is 0 Å². The molecule has 1 fully saturated rings. The van der Waals surface area contributed by atoms with Gasteiger partial charge in [0.15, 0.2) is 0 Å². The number of alkyl halides is 3. The van der Waals surface area contributed by atoms with Gasteiger partial charge in [-0.1, -0.05) is 0 Å². The molecule has 1 atom stereocenters. The van der Waals surface area contributed by atoms with Gasteiger partial charge >= 0.3 is 17.5 Å². The first-order chi connectivity index (χ1) is 18.6. The first-order valence-corrected chi connectivity index (χ1v) is 12.5. The number of aromatic nitrogens is 2. The minimum absolute atomic E-state index is 0.00602. The highest BCUT2D eigenvalue weighted by atomic mass is 35.5. The smallest absolute Gasteiger partial charge is 0.491 e. The van der Waals surface area contributed by atoms with Crippen LogP contribution in [0.4, 0.5) is 24.7 Å². The normalized spacial score (nSPS) is 15.2. The van der Waals surface area contributed by atoms with Gasteiger partial charge in [0, 0.05) is 38.2 Å². The first kappa shape index (κ1) is 28.3. The lowest BCUT2D eigenvalue weighted by Gasteiger charge is -2.33. The number of ether oxygens (including phenoxy) is 3. The lowest BCUT2D eigenvalue weighted by Crippen LogP contribution is -2.38. The molecular formula is C25H26ClF3N4O6. The first-order valence-electron chi connectivity index (χ1n) is 12.1. The van der Waals surface area contributed by atoms with Crippen LogP contribution in [0, 0.1) is 10.1 Å². The second kappa shape index (κ2) is 12.4. The molecule has 0 bridgehead atoms. The number of aliphatic hydroxyl groups excluding tert-OH is 1. The number of anilines is 1. The summed E-state index contributed by atoms with van der Waals surface area (Å²) in [5, 5.41) is 20.9. The Kier molecular flexibility index (Phi) is 9.02. The summed E-state index contributed by atoms with van der Waals surface area (Å²) in [4.78, 5) is 15.8. The van der Waals surface area contributed by atoms with Crippen LogP contribution >= 0.6 is 11.6 Å². The van der Waals surface area contributed by atoms with Crippen molar-refractivity contribution in [3.05, 3.63) is 70.1 Å². The van der Waals surface area contributed by atoms with Crippen molar-refractivity contribution in [2.24, 2.45) is 0 Å². The Labute approximate surface area is 226 Å². The van der Waals surface area contributed by atoms with E-state index in [1.165, 1.54) is 22.9 Å². The van der Waals surface area contributed by atoms with Gasteiger partial charge in [-0.05, 0) is 76.5 Å². The van der Waals surface area contributed by atoms with Crippen LogP contribution in [0.5, 0.6) is 17.2 Å². The summed E-state index contributed by atoms with van der Waals surface area (Å²) in [5.41, 5.74) is 0.820. The lowest BCUT2D eigenvalue weighted by molar-refractivity contribution is -0.389. The third kappa shape index (κ3) is 8.39. The SMILES string of the molecule is O=[N+]([O-])c1cn(CC[C@@H](O)COc2ccc(OC3CCN(c4ccc(OC(F)(F)F)cc4)CC3)cc2)c(Cl)n1. The van der Waals surface area contributed by atoms with E-state index in [2.05, 4.69) is 14.6 Å². The van der Waals surface area contributed by atoms with Crippen LogP contribution in [0.3, 0.4) is 0 Å². The number of imidazole rings is 1. The number of nitro groups is 1. The van der Waals surface area contributed by atoms with E-state index in [1.54, 1.807) is 36.4 Å². The number of hydrogen-bond acceptors (Lipinski definition) is 8. The van der Waals surface area contributed by atoms with Gasteiger partial charge in [-0.2, -0.15) is 0 Å². The van der Waals surface area contributed by atoms with Gasteiger partial charge < -0.3 is 34.3 Å². The van der Waals surface area contributed by atoms with Crippen molar-refractivity contribution in [3.8, 4) is 17.2 Å². The van der Waals surface area contributed by atoms with Crippen molar-refractivity contribution in [2.75, 3.05) is 24.6 Å². The monoisotopic (exact) mass is 570 g/mol. The molecule has 0 unspecified atom stereocenters. The highest BCUT2D eigenvalue weighted by molar-refractivity contribution is 6.28. The lowest BCUT2D eigenvalue weighted by atomic mass is 10.1. The average molecular weight is 571 g/mol. The summed E-state index contributed by atoms with van der Waals surface area (Å²) >= 11 is 5.87. The van der Waals surface area contributed by atoms with E-state index >= 15 is 0 Å². The number of aliphatic hydroxyl groups is 1. The van der Waals surface area contributed by atoms with Crippen molar-refractivity contribution in [1.82, 2.24) is 9.55 Å². The van der Waals surface area contributed by atoms with E-state index in [9.17, 15) is 28.4 Å². The number of hydrogen-bond donors (Lipinski definition) is 1. The summed E-state index contributed by atoms with van der Waals surface area (Å²) in [7, 11) is 0. The van der Waals surface area contributed by atoms with Crippen LogP contribution in [0.15, 0.2) is 54.7 Å². The fourth-order valence-electron chi connectivity index (χ4n) is 4.09. The summed E-state index contributed by atoms with van der Waals surface area (Å²) < 4.78 is 54.0. The molecule has 39 heavy (non-hydrogen) atoms. The zero-order valence-corrected chi connectivity index (χ0v) is 21.3. The van der Waals surface area contributed by atoms with Gasteiger partial charge in [0.05, 0.1) is 6.10 Å². The Balaban J connectivity index is 1.17. The number of benzene rings is 2. The molecule has 3 aromatic rings. The second-order valence-electron chi connectivity index (χ2n) is 8.89. The molecule has 2 heterocycles. The molecule has 210 valence electrons. The fraction of sp³-hybridized carbons (Fsp3) is 0.400. The summed E-state index contributed by atoms with van der Waals surface area (Å²) in [5.74, 6) is 0.614. The van der Waals surface area contributed by atoms with E-state index < -0.39 is 17.4 Å². The average Bonchev–Trinajstić information content (AvgIpc) is 3.28. The molecular weight excluding hydrogens is 545 g/mol.